The van der Waals surface area contributed by atoms with E-state index >= 15 is 0 Å². The van der Waals surface area contributed by atoms with Gasteiger partial charge in [-0.1, -0.05) is 13.8 Å². The van der Waals surface area contributed by atoms with Gasteiger partial charge in [-0.25, -0.2) is 0 Å². The van der Waals surface area contributed by atoms with E-state index in [1.54, 1.807) is 0 Å². The summed E-state index contributed by atoms with van der Waals surface area (Å²) >= 11 is 0. The standard InChI is InChI=1S/C21H38N6/c1-16-9-17(2)12-27(11-16)21(3,4)15-23-20(22-5)26-8-7-18(14-26)19-10-24-25(6)13-19/h10,13,16-18H,7-9,11-12,14-15H2,1-6H3,(H,22,23). The van der Waals surface area contributed by atoms with Crippen LogP contribution in [0.3, 0.4) is 0 Å². The molecule has 0 saturated carbocycles. The van der Waals surface area contributed by atoms with Crippen molar-refractivity contribution < 1.29 is 0 Å². The minimum absolute atomic E-state index is 0.126. The van der Waals surface area contributed by atoms with Crippen molar-refractivity contribution in [1.82, 2.24) is 24.9 Å². The smallest absolute Gasteiger partial charge is 0.193 e. The van der Waals surface area contributed by atoms with Crippen molar-refractivity contribution in [3.63, 3.8) is 0 Å². The van der Waals surface area contributed by atoms with Gasteiger partial charge in [-0.3, -0.25) is 14.6 Å². The summed E-state index contributed by atoms with van der Waals surface area (Å²) in [6.45, 7) is 14.9. The van der Waals surface area contributed by atoms with E-state index in [1.165, 1.54) is 25.1 Å². The zero-order chi connectivity index (χ0) is 19.6. The highest BCUT2D eigenvalue weighted by Gasteiger charge is 2.34. The van der Waals surface area contributed by atoms with Crippen molar-refractivity contribution >= 4 is 5.96 Å². The van der Waals surface area contributed by atoms with Crippen molar-refractivity contribution in [3.8, 4) is 0 Å². The molecule has 2 aliphatic rings. The van der Waals surface area contributed by atoms with Gasteiger partial charge in [0.05, 0.1) is 6.20 Å². The fourth-order valence-corrected chi connectivity index (χ4v) is 4.77. The van der Waals surface area contributed by atoms with Gasteiger partial charge in [-0.15, -0.1) is 0 Å². The molecule has 0 amide bonds. The molecule has 3 heterocycles. The Bertz CT molecular complexity index is 639. The molecule has 0 spiro atoms. The highest BCUT2D eigenvalue weighted by molar-refractivity contribution is 5.80. The molecular weight excluding hydrogens is 336 g/mol. The van der Waals surface area contributed by atoms with E-state index in [1.807, 2.05) is 25.0 Å². The largest absolute Gasteiger partial charge is 0.354 e. The molecule has 152 valence electrons. The van der Waals surface area contributed by atoms with Crippen molar-refractivity contribution in [2.45, 2.75) is 52.0 Å². The zero-order valence-corrected chi connectivity index (χ0v) is 18.1. The number of hydrogen-bond acceptors (Lipinski definition) is 3. The maximum atomic E-state index is 4.57. The molecule has 2 saturated heterocycles. The first-order valence-corrected chi connectivity index (χ1v) is 10.5. The van der Waals surface area contributed by atoms with E-state index in [0.717, 1.165) is 43.9 Å². The Morgan fingerprint density at radius 1 is 1.26 bits per heavy atom. The minimum atomic E-state index is 0.126. The van der Waals surface area contributed by atoms with Crippen LogP contribution in [0.5, 0.6) is 0 Å². The number of aromatic nitrogens is 2. The monoisotopic (exact) mass is 374 g/mol. The lowest BCUT2D eigenvalue weighted by atomic mass is 9.88. The molecule has 2 aliphatic heterocycles. The summed E-state index contributed by atoms with van der Waals surface area (Å²) in [5.74, 6) is 3.15. The van der Waals surface area contributed by atoms with Crippen LogP contribution in [0.1, 0.15) is 52.0 Å². The van der Waals surface area contributed by atoms with Crippen LogP contribution in [0.25, 0.3) is 0 Å². The van der Waals surface area contributed by atoms with Gasteiger partial charge in [0, 0.05) is 64.5 Å². The fourth-order valence-electron chi connectivity index (χ4n) is 4.77. The summed E-state index contributed by atoms with van der Waals surface area (Å²) in [6.07, 6.45) is 6.67. The Balaban J connectivity index is 1.56. The molecule has 3 unspecified atom stereocenters. The maximum absolute atomic E-state index is 4.57. The molecular formula is C21H38N6. The van der Waals surface area contributed by atoms with Crippen LogP contribution in [-0.4, -0.2) is 70.9 Å². The maximum Gasteiger partial charge on any atom is 0.193 e. The fraction of sp³-hybridized carbons (Fsp3) is 0.810. The Morgan fingerprint density at radius 2 is 1.96 bits per heavy atom. The van der Waals surface area contributed by atoms with Gasteiger partial charge >= 0.3 is 0 Å². The molecule has 2 fully saturated rings. The first kappa shape index (κ1) is 20.2. The van der Waals surface area contributed by atoms with Gasteiger partial charge in [0.15, 0.2) is 5.96 Å². The molecule has 1 N–H and O–H groups in total. The number of piperidine rings is 1. The molecule has 3 rings (SSSR count). The Hall–Kier alpha value is -1.56. The summed E-state index contributed by atoms with van der Waals surface area (Å²) in [7, 11) is 3.89. The molecule has 1 aromatic heterocycles. The number of hydrogen-bond donors (Lipinski definition) is 1. The number of nitrogens with one attached hydrogen (secondary N) is 1. The number of aliphatic imine (C=N–C) groups is 1. The number of nitrogens with zero attached hydrogens (tertiary/aromatic N) is 5. The Labute approximate surface area is 165 Å². The van der Waals surface area contributed by atoms with Gasteiger partial charge in [-0.05, 0) is 44.1 Å². The average molecular weight is 375 g/mol. The van der Waals surface area contributed by atoms with Crippen molar-refractivity contribution in [2.75, 3.05) is 39.8 Å². The summed E-state index contributed by atoms with van der Waals surface area (Å²) in [4.78, 5) is 9.63. The molecule has 6 heteroatoms. The predicted molar refractivity (Wildman–Crippen MR) is 112 cm³/mol. The van der Waals surface area contributed by atoms with Crippen LogP contribution in [0.4, 0.5) is 0 Å². The normalized spacial score (nSPS) is 28.0. The van der Waals surface area contributed by atoms with Gasteiger partial charge in [0.25, 0.3) is 0 Å². The van der Waals surface area contributed by atoms with E-state index in [0.29, 0.717) is 5.92 Å². The van der Waals surface area contributed by atoms with Gasteiger partial charge < -0.3 is 10.2 Å². The van der Waals surface area contributed by atoms with Crippen LogP contribution in [0, 0.1) is 11.8 Å². The van der Waals surface area contributed by atoms with Gasteiger partial charge in [0.1, 0.15) is 0 Å². The SMILES string of the molecule is CN=C(NCC(C)(C)N1CC(C)CC(C)C1)N1CCC(c2cnn(C)c2)C1. The number of likely N-dealkylation sites (tertiary alicyclic amines) is 2. The number of rotatable bonds is 4. The van der Waals surface area contributed by atoms with E-state index in [-0.39, 0.29) is 5.54 Å². The van der Waals surface area contributed by atoms with Crippen molar-refractivity contribution in [1.29, 1.82) is 0 Å². The number of aryl methyl sites for hydroxylation is 1. The second kappa shape index (κ2) is 8.21. The molecule has 1 aromatic rings. The molecule has 0 aliphatic carbocycles. The quantitative estimate of drug-likeness (QED) is 0.650. The predicted octanol–water partition coefficient (Wildman–Crippen LogP) is 2.54. The third-order valence-corrected chi connectivity index (χ3v) is 6.30. The van der Waals surface area contributed by atoms with Crippen molar-refractivity contribution in [2.24, 2.45) is 23.9 Å². The van der Waals surface area contributed by atoms with Crippen LogP contribution < -0.4 is 5.32 Å². The second-order valence-corrected chi connectivity index (χ2v) is 9.44. The van der Waals surface area contributed by atoms with Crippen molar-refractivity contribution in [3.05, 3.63) is 18.0 Å². The molecule has 6 nitrogen and oxygen atoms in total. The third-order valence-electron chi connectivity index (χ3n) is 6.30. The van der Waals surface area contributed by atoms with E-state index in [2.05, 4.69) is 59.1 Å². The first-order valence-electron chi connectivity index (χ1n) is 10.5. The molecule has 3 atom stereocenters. The van der Waals surface area contributed by atoms with Crippen LogP contribution in [0.15, 0.2) is 17.4 Å². The molecule has 0 aromatic carbocycles. The lowest BCUT2D eigenvalue weighted by Gasteiger charge is -2.45. The van der Waals surface area contributed by atoms with Gasteiger partial charge in [-0.2, -0.15) is 5.10 Å². The highest BCUT2D eigenvalue weighted by atomic mass is 15.3. The highest BCUT2D eigenvalue weighted by Crippen LogP contribution is 2.28. The van der Waals surface area contributed by atoms with E-state index in [4.69, 9.17) is 0 Å². The molecule has 0 bridgehead atoms. The summed E-state index contributed by atoms with van der Waals surface area (Å²) < 4.78 is 1.90. The minimum Gasteiger partial charge on any atom is -0.354 e. The summed E-state index contributed by atoms with van der Waals surface area (Å²) in [6, 6.07) is 0. The lowest BCUT2D eigenvalue weighted by molar-refractivity contribution is 0.0480. The summed E-state index contributed by atoms with van der Waals surface area (Å²) in [5.41, 5.74) is 1.47. The van der Waals surface area contributed by atoms with E-state index in [9.17, 15) is 0 Å². The second-order valence-electron chi connectivity index (χ2n) is 9.44. The zero-order valence-electron chi connectivity index (χ0n) is 18.1. The van der Waals surface area contributed by atoms with Gasteiger partial charge in [0.2, 0.25) is 0 Å². The Kier molecular flexibility index (Phi) is 6.14. The first-order chi connectivity index (χ1) is 12.8. The number of guanidine groups is 1. The van der Waals surface area contributed by atoms with Crippen LogP contribution in [-0.2, 0) is 7.05 Å². The third kappa shape index (κ3) is 4.84. The molecule has 0 radical (unpaired) electrons. The molecule has 27 heavy (non-hydrogen) atoms. The average Bonchev–Trinajstić information content (AvgIpc) is 3.24. The lowest BCUT2D eigenvalue weighted by Crippen LogP contribution is -2.57. The topological polar surface area (TPSA) is 48.7 Å². The van der Waals surface area contributed by atoms with Crippen LogP contribution >= 0.6 is 0 Å². The Morgan fingerprint density at radius 3 is 2.56 bits per heavy atom. The summed E-state index contributed by atoms with van der Waals surface area (Å²) in [5, 5.41) is 8.00. The van der Waals surface area contributed by atoms with Crippen LogP contribution in [0.2, 0.25) is 0 Å². The van der Waals surface area contributed by atoms with E-state index < -0.39 is 0 Å².